The minimum atomic E-state index is -1.26. The number of halogens is 1. The SMILES string of the molecule is CCc1nc(Cl)c(C)c(NCC(O)C(N)=O)n1. The van der Waals surface area contributed by atoms with Gasteiger partial charge in [0.1, 0.15) is 22.9 Å². The van der Waals surface area contributed by atoms with E-state index >= 15 is 0 Å². The quantitative estimate of drug-likeness (QED) is 0.658. The van der Waals surface area contributed by atoms with Gasteiger partial charge in [-0.25, -0.2) is 9.97 Å². The molecule has 0 saturated carbocycles. The van der Waals surface area contributed by atoms with Gasteiger partial charge in [-0.2, -0.15) is 0 Å². The third-order valence-corrected chi connectivity index (χ3v) is 2.61. The molecule has 1 atom stereocenters. The van der Waals surface area contributed by atoms with Crippen molar-refractivity contribution in [2.24, 2.45) is 5.73 Å². The van der Waals surface area contributed by atoms with E-state index in [1.807, 2.05) is 6.92 Å². The molecular formula is C10H15ClN4O2. The number of hydrogen-bond donors (Lipinski definition) is 3. The molecule has 6 nitrogen and oxygen atoms in total. The van der Waals surface area contributed by atoms with E-state index in [-0.39, 0.29) is 6.54 Å². The number of amides is 1. The Hall–Kier alpha value is -1.40. The van der Waals surface area contributed by atoms with E-state index in [4.69, 9.17) is 17.3 Å². The van der Waals surface area contributed by atoms with E-state index in [0.717, 1.165) is 0 Å². The number of aliphatic hydroxyl groups excluding tert-OH is 1. The molecule has 1 unspecified atom stereocenters. The zero-order valence-corrected chi connectivity index (χ0v) is 10.5. The Morgan fingerprint density at radius 1 is 1.59 bits per heavy atom. The molecule has 0 fully saturated rings. The maximum absolute atomic E-state index is 10.7. The van der Waals surface area contributed by atoms with Crippen molar-refractivity contribution >= 4 is 23.3 Å². The van der Waals surface area contributed by atoms with Crippen LogP contribution in [0.2, 0.25) is 5.15 Å². The highest BCUT2D eigenvalue weighted by atomic mass is 35.5. The first-order valence-corrected chi connectivity index (χ1v) is 5.57. The van der Waals surface area contributed by atoms with Crippen molar-refractivity contribution < 1.29 is 9.90 Å². The monoisotopic (exact) mass is 258 g/mol. The smallest absolute Gasteiger partial charge is 0.248 e. The van der Waals surface area contributed by atoms with E-state index < -0.39 is 12.0 Å². The van der Waals surface area contributed by atoms with Gasteiger partial charge in [0.2, 0.25) is 5.91 Å². The summed E-state index contributed by atoms with van der Waals surface area (Å²) in [6, 6.07) is 0. The largest absolute Gasteiger partial charge is 0.381 e. The molecule has 1 rings (SSSR count). The summed E-state index contributed by atoms with van der Waals surface area (Å²) in [7, 11) is 0. The summed E-state index contributed by atoms with van der Waals surface area (Å²) >= 11 is 5.93. The fourth-order valence-electron chi connectivity index (χ4n) is 1.16. The summed E-state index contributed by atoms with van der Waals surface area (Å²) in [4.78, 5) is 19.0. The van der Waals surface area contributed by atoms with E-state index in [2.05, 4.69) is 15.3 Å². The Kier molecular flexibility index (Phi) is 4.65. The van der Waals surface area contributed by atoms with Crippen LogP contribution in [0.3, 0.4) is 0 Å². The Balaban J connectivity index is 2.83. The second-order valence-electron chi connectivity index (χ2n) is 3.56. The number of rotatable bonds is 5. The van der Waals surface area contributed by atoms with Crippen molar-refractivity contribution in [2.75, 3.05) is 11.9 Å². The van der Waals surface area contributed by atoms with Crippen molar-refractivity contribution in [1.82, 2.24) is 9.97 Å². The minimum absolute atomic E-state index is 0.00727. The predicted octanol–water partition coefficient (Wildman–Crippen LogP) is 0.259. The molecule has 1 amide bonds. The summed E-state index contributed by atoms with van der Waals surface area (Å²) in [5.41, 5.74) is 5.60. The van der Waals surface area contributed by atoms with Crippen molar-refractivity contribution in [3.05, 3.63) is 16.5 Å². The summed E-state index contributed by atoms with van der Waals surface area (Å²) in [5, 5.41) is 12.4. The van der Waals surface area contributed by atoms with Crippen LogP contribution in [0.5, 0.6) is 0 Å². The first kappa shape index (κ1) is 13.7. The molecule has 0 saturated heterocycles. The standard InChI is InChI=1S/C10H15ClN4O2/c1-3-7-14-8(11)5(2)10(15-7)13-4-6(16)9(12)17/h6,16H,3-4H2,1-2H3,(H2,12,17)(H,13,14,15). The molecule has 0 aromatic carbocycles. The van der Waals surface area contributed by atoms with Crippen molar-refractivity contribution in [2.45, 2.75) is 26.4 Å². The van der Waals surface area contributed by atoms with Crippen LogP contribution in [-0.4, -0.2) is 33.6 Å². The molecule has 0 radical (unpaired) electrons. The molecule has 4 N–H and O–H groups in total. The minimum Gasteiger partial charge on any atom is -0.381 e. The van der Waals surface area contributed by atoms with Gasteiger partial charge < -0.3 is 16.2 Å². The second-order valence-corrected chi connectivity index (χ2v) is 3.91. The molecule has 94 valence electrons. The first-order valence-electron chi connectivity index (χ1n) is 5.20. The Morgan fingerprint density at radius 2 is 2.24 bits per heavy atom. The molecule has 1 aromatic rings. The number of primary amides is 1. The first-order chi connectivity index (χ1) is 7.95. The van der Waals surface area contributed by atoms with Crippen LogP contribution in [0.4, 0.5) is 5.82 Å². The lowest BCUT2D eigenvalue weighted by molar-refractivity contribution is -0.125. The number of anilines is 1. The van der Waals surface area contributed by atoms with Crippen LogP contribution >= 0.6 is 11.6 Å². The number of aromatic nitrogens is 2. The molecule has 0 aliphatic heterocycles. The van der Waals surface area contributed by atoms with E-state index in [1.54, 1.807) is 6.92 Å². The number of nitrogens with one attached hydrogen (secondary N) is 1. The normalized spacial score (nSPS) is 12.2. The Morgan fingerprint density at radius 3 is 2.76 bits per heavy atom. The fourth-order valence-corrected chi connectivity index (χ4v) is 1.34. The molecule has 17 heavy (non-hydrogen) atoms. The van der Waals surface area contributed by atoms with Gasteiger partial charge in [0.05, 0.1) is 6.54 Å². The maximum Gasteiger partial charge on any atom is 0.248 e. The predicted molar refractivity (Wildman–Crippen MR) is 64.8 cm³/mol. The van der Waals surface area contributed by atoms with Gasteiger partial charge in [0, 0.05) is 12.0 Å². The summed E-state index contributed by atoms with van der Waals surface area (Å²) in [6.45, 7) is 3.65. The number of carbonyl (C=O) groups is 1. The van der Waals surface area contributed by atoms with Crippen molar-refractivity contribution in [3.63, 3.8) is 0 Å². The molecular weight excluding hydrogens is 244 g/mol. The Labute approximate surface area is 104 Å². The van der Waals surface area contributed by atoms with Gasteiger partial charge in [-0.15, -0.1) is 0 Å². The van der Waals surface area contributed by atoms with Crippen molar-refractivity contribution in [3.8, 4) is 0 Å². The van der Waals surface area contributed by atoms with Crippen molar-refractivity contribution in [1.29, 1.82) is 0 Å². The number of aliphatic hydroxyl groups is 1. The molecule has 0 bridgehead atoms. The van der Waals surface area contributed by atoms with Gasteiger partial charge in [0.25, 0.3) is 0 Å². The van der Waals surface area contributed by atoms with Crippen LogP contribution in [0.15, 0.2) is 0 Å². The molecule has 0 spiro atoms. The lowest BCUT2D eigenvalue weighted by Gasteiger charge is -2.12. The third-order valence-electron chi connectivity index (χ3n) is 2.24. The van der Waals surface area contributed by atoms with Crippen LogP contribution in [0.25, 0.3) is 0 Å². The highest BCUT2D eigenvalue weighted by molar-refractivity contribution is 6.30. The average molecular weight is 259 g/mol. The summed E-state index contributed by atoms with van der Waals surface area (Å²) in [6.07, 6.45) is -0.610. The van der Waals surface area contributed by atoms with Gasteiger partial charge in [-0.1, -0.05) is 18.5 Å². The number of nitrogens with two attached hydrogens (primary N) is 1. The fraction of sp³-hybridized carbons (Fsp3) is 0.500. The van der Waals surface area contributed by atoms with Gasteiger partial charge >= 0.3 is 0 Å². The zero-order chi connectivity index (χ0) is 13.0. The molecule has 0 aliphatic carbocycles. The van der Waals surface area contributed by atoms with Crippen LogP contribution in [0.1, 0.15) is 18.3 Å². The summed E-state index contributed by atoms with van der Waals surface area (Å²) < 4.78 is 0. The second kappa shape index (κ2) is 5.79. The van der Waals surface area contributed by atoms with Crippen LogP contribution in [-0.2, 0) is 11.2 Å². The van der Waals surface area contributed by atoms with Crippen LogP contribution in [0, 0.1) is 6.92 Å². The maximum atomic E-state index is 10.7. The molecule has 7 heteroatoms. The number of hydrogen-bond acceptors (Lipinski definition) is 5. The van der Waals surface area contributed by atoms with E-state index in [1.165, 1.54) is 0 Å². The van der Waals surface area contributed by atoms with Gasteiger partial charge in [-0.05, 0) is 6.92 Å². The lowest BCUT2D eigenvalue weighted by atomic mass is 10.3. The highest BCUT2D eigenvalue weighted by Gasteiger charge is 2.13. The highest BCUT2D eigenvalue weighted by Crippen LogP contribution is 2.19. The number of nitrogens with zero attached hydrogens (tertiary/aromatic N) is 2. The summed E-state index contributed by atoms with van der Waals surface area (Å²) in [5.74, 6) is 0.310. The number of carbonyl (C=O) groups excluding carboxylic acids is 1. The zero-order valence-electron chi connectivity index (χ0n) is 9.70. The lowest BCUT2D eigenvalue weighted by Crippen LogP contribution is -2.34. The van der Waals surface area contributed by atoms with Crippen LogP contribution < -0.4 is 11.1 Å². The molecule has 1 heterocycles. The third kappa shape index (κ3) is 3.54. The van der Waals surface area contributed by atoms with E-state index in [9.17, 15) is 9.90 Å². The van der Waals surface area contributed by atoms with Gasteiger partial charge in [-0.3, -0.25) is 4.79 Å². The van der Waals surface area contributed by atoms with E-state index in [0.29, 0.717) is 28.8 Å². The van der Waals surface area contributed by atoms with Gasteiger partial charge in [0.15, 0.2) is 0 Å². The topological polar surface area (TPSA) is 101 Å². The Bertz CT molecular complexity index is 425. The number of aryl methyl sites for hydroxylation is 1. The molecule has 0 aliphatic rings. The average Bonchev–Trinajstić information content (AvgIpc) is 2.30. The molecule has 1 aromatic heterocycles.